The number of hydrogen-bond acceptors (Lipinski definition) is 4. The molecule has 6 nitrogen and oxygen atoms in total. The summed E-state index contributed by atoms with van der Waals surface area (Å²) in [7, 11) is 0. The molecule has 0 spiro atoms. The largest absolute Gasteiger partial charge is 0.378 e. The molecule has 2 fully saturated rings. The van der Waals surface area contributed by atoms with Crippen LogP contribution in [0.1, 0.15) is 6.92 Å². The van der Waals surface area contributed by atoms with E-state index in [9.17, 15) is 9.59 Å². The van der Waals surface area contributed by atoms with Crippen LogP contribution in [-0.4, -0.2) is 73.6 Å². The second-order valence-corrected chi connectivity index (χ2v) is 4.43. The van der Waals surface area contributed by atoms with E-state index in [0.717, 1.165) is 6.54 Å². The van der Waals surface area contributed by atoms with Crippen molar-refractivity contribution < 1.29 is 14.3 Å². The minimum Gasteiger partial charge on any atom is -0.378 e. The maximum Gasteiger partial charge on any atom is 0.242 e. The Labute approximate surface area is 101 Å². The molecule has 2 rings (SSSR count). The second-order valence-electron chi connectivity index (χ2n) is 4.43. The summed E-state index contributed by atoms with van der Waals surface area (Å²) < 4.78 is 5.19. The molecule has 2 heterocycles. The van der Waals surface area contributed by atoms with Gasteiger partial charge in [-0.3, -0.25) is 9.59 Å². The van der Waals surface area contributed by atoms with Gasteiger partial charge in [0.05, 0.1) is 25.8 Å². The molecule has 1 N–H and O–H groups in total. The zero-order chi connectivity index (χ0) is 12.3. The summed E-state index contributed by atoms with van der Waals surface area (Å²) >= 11 is 0. The van der Waals surface area contributed by atoms with Crippen LogP contribution in [-0.2, 0) is 14.3 Å². The Kier molecular flexibility index (Phi) is 3.96. The van der Waals surface area contributed by atoms with Crippen molar-refractivity contribution in [2.75, 3.05) is 45.9 Å². The fraction of sp³-hybridized carbons (Fsp3) is 0.818. The van der Waals surface area contributed by atoms with E-state index in [2.05, 4.69) is 5.32 Å². The number of amides is 2. The summed E-state index contributed by atoms with van der Waals surface area (Å²) in [4.78, 5) is 27.2. The normalized spacial score (nSPS) is 26.2. The highest BCUT2D eigenvalue weighted by molar-refractivity contribution is 5.87. The Morgan fingerprint density at radius 3 is 2.82 bits per heavy atom. The zero-order valence-electron chi connectivity index (χ0n) is 10.1. The predicted molar refractivity (Wildman–Crippen MR) is 61.4 cm³/mol. The van der Waals surface area contributed by atoms with Crippen LogP contribution in [0.5, 0.6) is 0 Å². The molecule has 0 saturated carbocycles. The molecule has 6 heteroatoms. The summed E-state index contributed by atoms with van der Waals surface area (Å²) in [5.74, 6) is 0.0357. The van der Waals surface area contributed by atoms with Gasteiger partial charge in [-0.25, -0.2) is 0 Å². The molecular weight excluding hydrogens is 222 g/mol. The lowest BCUT2D eigenvalue weighted by molar-refractivity contribution is -0.144. The van der Waals surface area contributed by atoms with Crippen molar-refractivity contribution in [3.63, 3.8) is 0 Å². The number of ether oxygens (including phenoxy) is 1. The highest BCUT2D eigenvalue weighted by Crippen LogP contribution is 2.04. The molecule has 2 aliphatic heterocycles. The van der Waals surface area contributed by atoms with Crippen LogP contribution in [0.3, 0.4) is 0 Å². The third-order valence-electron chi connectivity index (χ3n) is 3.20. The standard InChI is InChI=1S/C11H19N3O3/c1-9-11(16)14(3-2-12-9)8-10(15)13-4-6-17-7-5-13/h9,12H,2-8H2,1H3. The highest BCUT2D eigenvalue weighted by atomic mass is 16.5. The summed E-state index contributed by atoms with van der Waals surface area (Å²) in [6, 6.07) is -0.179. The minimum absolute atomic E-state index is 0.0119. The SMILES string of the molecule is CC1NCCN(CC(=O)N2CCOCC2)C1=O. The van der Waals surface area contributed by atoms with Gasteiger partial charge in [0.2, 0.25) is 11.8 Å². The third-order valence-corrected chi connectivity index (χ3v) is 3.20. The van der Waals surface area contributed by atoms with E-state index in [1.165, 1.54) is 0 Å². The van der Waals surface area contributed by atoms with Gasteiger partial charge in [-0.2, -0.15) is 0 Å². The lowest BCUT2D eigenvalue weighted by Gasteiger charge is -2.34. The van der Waals surface area contributed by atoms with E-state index in [-0.39, 0.29) is 24.4 Å². The lowest BCUT2D eigenvalue weighted by Crippen LogP contribution is -2.56. The monoisotopic (exact) mass is 241 g/mol. The quantitative estimate of drug-likeness (QED) is 0.650. The lowest BCUT2D eigenvalue weighted by atomic mass is 10.2. The van der Waals surface area contributed by atoms with Crippen LogP contribution in [0.2, 0.25) is 0 Å². The van der Waals surface area contributed by atoms with Gasteiger partial charge >= 0.3 is 0 Å². The Hall–Kier alpha value is -1.14. The molecule has 0 radical (unpaired) electrons. The maximum absolute atomic E-state index is 12.0. The molecule has 0 aliphatic carbocycles. The van der Waals surface area contributed by atoms with E-state index < -0.39 is 0 Å². The summed E-state index contributed by atoms with van der Waals surface area (Å²) in [6.07, 6.45) is 0. The van der Waals surface area contributed by atoms with E-state index in [1.807, 2.05) is 6.92 Å². The van der Waals surface area contributed by atoms with Gasteiger partial charge in [-0.15, -0.1) is 0 Å². The molecule has 2 amide bonds. The number of piperazine rings is 1. The maximum atomic E-state index is 12.0. The molecule has 96 valence electrons. The predicted octanol–water partition coefficient (Wildman–Crippen LogP) is -1.33. The molecule has 0 aromatic rings. The number of rotatable bonds is 2. The van der Waals surface area contributed by atoms with Crippen LogP contribution in [0.15, 0.2) is 0 Å². The van der Waals surface area contributed by atoms with Crippen LogP contribution in [0, 0.1) is 0 Å². The van der Waals surface area contributed by atoms with Gasteiger partial charge in [0, 0.05) is 26.2 Å². The number of morpholine rings is 1. The van der Waals surface area contributed by atoms with Crippen molar-refractivity contribution in [2.45, 2.75) is 13.0 Å². The van der Waals surface area contributed by atoms with Crippen molar-refractivity contribution in [3.05, 3.63) is 0 Å². The smallest absolute Gasteiger partial charge is 0.242 e. The topological polar surface area (TPSA) is 61.9 Å². The second kappa shape index (κ2) is 5.46. The first kappa shape index (κ1) is 12.3. The summed E-state index contributed by atoms with van der Waals surface area (Å²) in [5, 5.41) is 3.08. The number of carbonyl (C=O) groups excluding carboxylic acids is 2. The van der Waals surface area contributed by atoms with Crippen LogP contribution in [0.4, 0.5) is 0 Å². The molecule has 0 aromatic heterocycles. The first-order valence-electron chi connectivity index (χ1n) is 6.06. The van der Waals surface area contributed by atoms with Gasteiger partial charge in [0.1, 0.15) is 0 Å². The number of nitrogens with one attached hydrogen (secondary N) is 1. The molecule has 0 bridgehead atoms. The molecule has 2 aliphatic rings. The third kappa shape index (κ3) is 2.95. The number of carbonyl (C=O) groups is 2. The Morgan fingerprint density at radius 2 is 2.12 bits per heavy atom. The van der Waals surface area contributed by atoms with Crippen molar-refractivity contribution >= 4 is 11.8 Å². The van der Waals surface area contributed by atoms with E-state index in [1.54, 1.807) is 9.80 Å². The van der Waals surface area contributed by atoms with Gasteiger partial charge in [-0.1, -0.05) is 0 Å². The van der Waals surface area contributed by atoms with E-state index in [0.29, 0.717) is 32.8 Å². The Morgan fingerprint density at radius 1 is 1.41 bits per heavy atom. The Bertz CT molecular complexity index is 302. The number of nitrogens with zero attached hydrogens (tertiary/aromatic N) is 2. The van der Waals surface area contributed by atoms with Gasteiger partial charge in [0.25, 0.3) is 0 Å². The van der Waals surface area contributed by atoms with Crippen molar-refractivity contribution in [3.8, 4) is 0 Å². The molecular formula is C11H19N3O3. The van der Waals surface area contributed by atoms with Crippen LogP contribution < -0.4 is 5.32 Å². The fourth-order valence-corrected chi connectivity index (χ4v) is 2.12. The molecule has 2 saturated heterocycles. The fourth-order valence-electron chi connectivity index (χ4n) is 2.12. The average Bonchev–Trinajstić information content (AvgIpc) is 2.36. The molecule has 1 unspecified atom stereocenters. The molecule has 1 atom stereocenters. The number of hydrogen-bond donors (Lipinski definition) is 1. The van der Waals surface area contributed by atoms with Crippen molar-refractivity contribution in [2.24, 2.45) is 0 Å². The Balaban J connectivity index is 1.86. The van der Waals surface area contributed by atoms with Crippen LogP contribution in [0.25, 0.3) is 0 Å². The van der Waals surface area contributed by atoms with E-state index in [4.69, 9.17) is 4.74 Å². The van der Waals surface area contributed by atoms with Gasteiger partial charge in [0.15, 0.2) is 0 Å². The van der Waals surface area contributed by atoms with Crippen LogP contribution >= 0.6 is 0 Å². The molecule has 0 aromatic carbocycles. The zero-order valence-corrected chi connectivity index (χ0v) is 10.1. The first-order valence-corrected chi connectivity index (χ1v) is 6.06. The highest BCUT2D eigenvalue weighted by Gasteiger charge is 2.28. The summed E-state index contributed by atoms with van der Waals surface area (Å²) in [6.45, 7) is 5.85. The molecule has 17 heavy (non-hydrogen) atoms. The van der Waals surface area contributed by atoms with Crippen molar-refractivity contribution in [1.29, 1.82) is 0 Å². The average molecular weight is 241 g/mol. The van der Waals surface area contributed by atoms with Crippen molar-refractivity contribution in [1.82, 2.24) is 15.1 Å². The van der Waals surface area contributed by atoms with Gasteiger partial charge in [-0.05, 0) is 6.92 Å². The van der Waals surface area contributed by atoms with E-state index >= 15 is 0 Å². The van der Waals surface area contributed by atoms with Gasteiger partial charge < -0.3 is 19.9 Å². The first-order chi connectivity index (χ1) is 8.18. The summed E-state index contributed by atoms with van der Waals surface area (Å²) in [5.41, 5.74) is 0. The minimum atomic E-state index is -0.179.